The molecule has 0 saturated carbocycles. The Morgan fingerprint density at radius 2 is 1.24 bits per heavy atom. The van der Waals surface area contributed by atoms with Crippen molar-refractivity contribution in [2.75, 3.05) is 20.8 Å². The Bertz CT molecular complexity index is 1210. The summed E-state index contributed by atoms with van der Waals surface area (Å²) in [6.45, 7) is 1.79. The Kier molecular flexibility index (Phi) is 9.08. The summed E-state index contributed by atoms with van der Waals surface area (Å²) in [5, 5.41) is 0. The SMILES string of the molecule is COC(=O)[C@](CN(Cc1ccccc1)Cc1ccccc1)(OCc1ccccc1)c1cccc(OC)c1. The van der Waals surface area contributed by atoms with Gasteiger partial charge in [-0.2, -0.15) is 0 Å². The molecule has 0 fully saturated rings. The molecule has 4 rings (SSSR count). The van der Waals surface area contributed by atoms with Crippen LogP contribution in [0.5, 0.6) is 5.75 Å². The molecular weight excluding hydrogens is 462 g/mol. The van der Waals surface area contributed by atoms with Gasteiger partial charge in [0.2, 0.25) is 5.60 Å². The summed E-state index contributed by atoms with van der Waals surface area (Å²) < 4.78 is 17.5. The highest BCUT2D eigenvalue weighted by Crippen LogP contribution is 2.33. The zero-order chi connectivity index (χ0) is 25.9. The van der Waals surface area contributed by atoms with Crippen molar-refractivity contribution in [2.24, 2.45) is 0 Å². The molecule has 0 amide bonds. The third-order valence-corrected chi connectivity index (χ3v) is 6.32. The molecule has 0 N–H and O–H groups in total. The lowest BCUT2D eigenvalue weighted by Gasteiger charge is -2.37. The fourth-order valence-corrected chi connectivity index (χ4v) is 4.45. The van der Waals surface area contributed by atoms with E-state index in [4.69, 9.17) is 14.2 Å². The maximum atomic E-state index is 13.7. The van der Waals surface area contributed by atoms with Crippen molar-refractivity contribution < 1.29 is 19.0 Å². The Hall–Kier alpha value is -3.93. The average Bonchev–Trinajstić information content (AvgIpc) is 2.96. The van der Waals surface area contributed by atoms with Gasteiger partial charge in [0.05, 0.1) is 20.8 Å². The van der Waals surface area contributed by atoms with Gasteiger partial charge in [0, 0.05) is 25.2 Å². The van der Waals surface area contributed by atoms with E-state index in [0.717, 1.165) is 16.7 Å². The molecule has 4 aromatic carbocycles. The molecule has 0 spiro atoms. The minimum atomic E-state index is -1.39. The fourth-order valence-electron chi connectivity index (χ4n) is 4.45. The van der Waals surface area contributed by atoms with Gasteiger partial charge in [-0.25, -0.2) is 4.79 Å². The Morgan fingerprint density at radius 3 is 1.76 bits per heavy atom. The van der Waals surface area contributed by atoms with Gasteiger partial charge < -0.3 is 14.2 Å². The standard InChI is InChI=1S/C32H33NO4/c1-35-30-20-12-19-29(21-30)32(31(34)36-2,37-24-28-17-10-5-11-18-28)25-33(22-26-13-6-3-7-14-26)23-27-15-8-4-9-16-27/h3-21H,22-25H2,1-2H3/t32-/m1/s1. The van der Waals surface area contributed by atoms with E-state index >= 15 is 0 Å². The van der Waals surface area contributed by atoms with Gasteiger partial charge in [-0.15, -0.1) is 0 Å². The minimum Gasteiger partial charge on any atom is -0.497 e. The van der Waals surface area contributed by atoms with Crippen molar-refractivity contribution in [3.05, 3.63) is 138 Å². The first-order chi connectivity index (χ1) is 18.1. The van der Waals surface area contributed by atoms with Crippen LogP contribution in [0.2, 0.25) is 0 Å². The summed E-state index contributed by atoms with van der Waals surface area (Å²) in [6, 6.07) is 37.8. The molecule has 0 aromatic heterocycles. The van der Waals surface area contributed by atoms with Gasteiger partial charge in [-0.1, -0.05) is 103 Å². The van der Waals surface area contributed by atoms with Crippen LogP contribution in [0.3, 0.4) is 0 Å². The second-order valence-electron chi connectivity index (χ2n) is 8.94. The second-order valence-corrected chi connectivity index (χ2v) is 8.94. The fraction of sp³-hybridized carbons (Fsp3) is 0.219. The second kappa shape index (κ2) is 12.9. The minimum absolute atomic E-state index is 0.248. The normalized spacial score (nSPS) is 12.6. The number of rotatable bonds is 12. The molecule has 1 atom stereocenters. The zero-order valence-electron chi connectivity index (χ0n) is 21.4. The first-order valence-electron chi connectivity index (χ1n) is 12.3. The van der Waals surface area contributed by atoms with E-state index in [-0.39, 0.29) is 13.2 Å². The van der Waals surface area contributed by atoms with Crippen molar-refractivity contribution in [2.45, 2.75) is 25.3 Å². The van der Waals surface area contributed by atoms with Crippen LogP contribution in [0.4, 0.5) is 0 Å². The average molecular weight is 496 g/mol. The third-order valence-electron chi connectivity index (χ3n) is 6.32. The van der Waals surface area contributed by atoms with E-state index in [1.54, 1.807) is 7.11 Å². The lowest BCUT2D eigenvalue weighted by molar-refractivity contribution is -0.177. The molecule has 0 aliphatic heterocycles. The van der Waals surface area contributed by atoms with Crippen LogP contribution in [0.15, 0.2) is 115 Å². The van der Waals surface area contributed by atoms with E-state index in [9.17, 15) is 4.79 Å². The maximum Gasteiger partial charge on any atom is 0.344 e. The van der Waals surface area contributed by atoms with Crippen molar-refractivity contribution >= 4 is 5.97 Å². The quantitative estimate of drug-likeness (QED) is 0.226. The monoisotopic (exact) mass is 495 g/mol. The van der Waals surface area contributed by atoms with Crippen LogP contribution in [-0.2, 0) is 39.6 Å². The number of benzene rings is 4. The highest BCUT2D eigenvalue weighted by Gasteiger charge is 2.45. The summed E-state index contributed by atoms with van der Waals surface area (Å²) in [5.41, 5.74) is 2.55. The first kappa shape index (κ1) is 26.1. The molecule has 37 heavy (non-hydrogen) atoms. The maximum absolute atomic E-state index is 13.7. The molecule has 0 aliphatic rings. The number of esters is 1. The first-order valence-corrected chi connectivity index (χ1v) is 12.3. The highest BCUT2D eigenvalue weighted by molar-refractivity contribution is 5.82. The molecule has 0 bridgehead atoms. The number of hydrogen-bond acceptors (Lipinski definition) is 5. The number of ether oxygens (including phenoxy) is 3. The molecular formula is C32H33NO4. The molecule has 190 valence electrons. The molecule has 5 nitrogen and oxygen atoms in total. The zero-order valence-corrected chi connectivity index (χ0v) is 21.4. The van der Waals surface area contributed by atoms with Gasteiger partial charge in [-0.05, 0) is 28.8 Å². The van der Waals surface area contributed by atoms with Crippen molar-refractivity contribution in [3.8, 4) is 5.75 Å². The highest BCUT2D eigenvalue weighted by atomic mass is 16.6. The van der Waals surface area contributed by atoms with Crippen LogP contribution in [-0.4, -0.2) is 31.6 Å². The number of nitrogens with zero attached hydrogens (tertiary/aromatic N) is 1. The van der Waals surface area contributed by atoms with Crippen LogP contribution in [0, 0.1) is 0 Å². The molecule has 0 unspecified atom stereocenters. The van der Waals surface area contributed by atoms with E-state index in [1.807, 2.05) is 91.0 Å². The van der Waals surface area contributed by atoms with Crippen LogP contribution in [0.25, 0.3) is 0 Å². The molecule has 0 aliphatic carbocycles. The number of methoxy groups -OCH3 is 2. The van der Waals surface area contributed by atoms with Crippen molar-refractivity contribution in [3.63, 3.8) is 0 Å². The van der Waals surface area contributed by atoms with Gasteiger partial charge in [-0.3, -0.25) is 4.90 Å². The van der Waals surface area contributed by atoms with Gasteiger partial charge in [0.25, 0.3) is 0 Å². The van der Waals surface area contributed by atoms with Crippen LogP contribution >= 0.6 is 0 Å². The van der Waals surface area contributed by atoms with Crippen LogP contribution in [0.1, 0.15) is 22.3 Å². The third kappa shape index (κ3) is 6.85. The number of carbonyl (C=O) groups excluding carboxylic acids is 1. The number of carbonyl (C=O) groups is 1. The van der Waals surface area contributed by atoms with E-state index < -0.39 is 11.6 Å². The van der Waals surface area contributed by atoms with E-state index in [1.165, 1.54) is 7.11 Å². The predicted octanol–water partition coefficient (Wildman–Crippen LogP) is 5.98. The lowest BCUT2D eigenvalue weighted by atomic mass is 9.91. The van der Waals surface area contributed by atoms with Crippen molar-refractivity contribution in [1.82, 2.24) is 4.90 Å². The summed E-state index contributed by atoms with van der Waals surface area (Å²) in [6.07, 6.45) is 0. The molecule has 5 heteroatoms. The van der Waals surface area contributed by atoms with Gasteiger partial charge in [0.1, 0.15) is 5.75 Å². The molecule has 0 heterocycles. The molecule has 4 aromatic rings. The summed E-state index contributed by atoms with van der Waals surface area (Å²) in [5.74, 6) is 0.189. The van der Waals surface area contributed by atoms with E-state index in [2.05, 4.69) is 29.2 Å². The Morgan fingerprint density at radius 1 is 0.703 bits per heavy atom. The van der Waals surface area contributed by atoms with Gasteiger partial charge in [0.15, 0.2) is 0 Å². The van der Waals surface area contributed by atoms with Crippen molar-refractivity contribution in [1.29, 1.82) is 0 Å². The number of hydrogen-bond donors (Lipinski definition) is 0. The van der Waals surface area contributed by atoms with E-state index in [0.29, 0.717) is 24.4 Å². The molecule has 0 saturated heterocycles. The van der Waals surface area contributed by atoms with Crippen LogP contribution < -0.4 is 4.74 Å². The largest absolute Gasteiger partial charge is 0.497 e. The topological polar surface area (TPSA) is 48.0 Å². The summed E-state index contributed by atoms with van der Waals surface area (Å²) in [4.78, 5) is 15.9. The lowest BCUT2D eigenvalue weighted by Crippen LogP contribution is -2.49. The molecule has 0 radical (unpaired) electrons. The Balaban J connectivity index is 1.76. The smallest absolute Gasteiger partial charge is 0.344 e. The predicted molar refractivity (Wildman–Crippen MR) is 145 cm³/mol. The van der Waals surface area contributed by atoms with Gasteiger partial charge >= 0.3 is 5.97 Å². The Labute approximate surface area is 219 Å². The summed E-state index contributed by atoms with van der Waals surface area (Å²) >= 11 is 0. The summed E-state index contributed by atoms with van der Waals surface area (Å²) in [7, 11) is 3.02.